The maximum absolute atomic E-state index is 10.9. The van der Waals surface area contributed by atoms with Crippen molar-refractivity contribution in [1.82, 2.24) is 0 Å². The van der Waals surface area contributed by atoms with Crippen molar-refractivity contribution in [3.8, 4) is 0 Å². The van der Waals surface area contributed by atoms with Crippen molar-refractivity contribution in [2.45, 2.75) is 6.92 Å². The van der Waals surface area contributed by atoms with Crippen molar-refractivity contribution >= 4 is 26.2 Å². The molecule has 0 N–H and O–H groups in total. The molecule has 17 heavy (non-hydrogen) atoms. The molecule has 1 aromatic rings. The SMILES string of the molecule is C=CC(=O)[c-]1ccc(C)c1.C=O.C=O.C=O.[Mn]. The third kappa shape index (κ3) is 12.2. The molecule has 5 heteroatoms. The number of ketones is 1. The van der Waals surface area contributed by atoms with Crippen LogP contribution in [-0.4, -0.2) is 26.2 Å². The summed E-state index contributed by atoms with van der Waals surface area (Å²) in [6, 6.07) is 5.57. The average Bonchev–Trinajstić information content (AvgIpc) is 2.82. The quantitative estimate of drug-likeness (QED) is 0.356. The molecule has 1 aromatic carbocycles. The van der Waals surface area contributed by atoms with E-state index in [-0.39, 0.29) is 22.9 Å². The van der Waals surface area contributed by atoms with Gasteiger partial charge in [-0.2, -0.15) is 11.6 Å². The molecule has 0 aliphatic heterocycles. The molecule has 0 unspecified atom stereocenters. The van der Waals surface area contributed by atoms with Gasteiger partial charge in [0.05, 0.1) is 0 Å². The van der Waals surface area contributed by atoms with Gasteiger partial charge >= 0.3 is 0 Å². The second-order valence-electron chi connectivity index (χ2n) is 2.25. The van der Waals surface area contributed by atoms with Crippen LogP contribution in [0.4, 0.5) is 0 Å². The smallest absolute Gasteiger partial charge is 0.106 e. The van der Waals surface area contributed by atoms with Crippen LogP contribution in [0.1, 0.15) is 15.9 Å². The summed E-state index contributed by atoms with van der Waals surface area (Å²) in [5.41, 5.74) is 1.85. The summed E-state index contributed by atoms with van der Waals surface area (Å²) < 4.78 is 0. The summed E-state index contributed by atoms with van der Waals surface area (Å²) in [4.78, 5) is 34.9. The molecule has 0 aromatic heterocycles. The minimum atomic E-state index is -0.00639. The van der Waals surface area contributed by atoms with Crippen LogP contribution in [0.3, 0.4) is 0 Å². The fourth-order valence-electron chi connectivity index (χ4n) is 0.834. The number of aryl methyl sites for hydroxylation is 1. The zero-order chi connectivity index (χ0) is 13.6. The molecule has 0 aliphatic carbocycles. The second kappa shape index (κ2) is 19.8. The molecule has 1 radical (unpaired) electrons. The molecule has 0 saturated carbocycles. The Morgan fingerprint density at radius 1 is 1.18 bits per heavy atom. The van der Waals surface area contributed by atoms with Crippen LogP contribution in [0.25, 0.3) is 0 Å². The summed E-state index contributed by atoms with van der Waals surface area (Å²) in [5.74, 6) is -0.00639. The number of hydrogen-bond donors (Lipinski definition) is 0. The summed E-state index contributed by atoms with van der Waals surface area (Å²) in [5, 5.41) is 0. The molecule has 0 spiro atoms. The Kier molecular flexibility index (Phi) is 28.5. The van der Waals surface area contributed by atoms with Crippen LogP contribution in [-0.2, 0) is 31.5 Å². The normalized spacial score (nSPS) is 6.18. The number of rotatable bonds is 2. The molecular weight excluding hydrogens is 263 g/mol. The Morgan fingerprint density at radius 2 is 1.59 bits per heavy atom. The first-order valence-corrected chi connectivity index (χ1v) is 4.01. The maximum Gasteiger partial charge on any atom is 0.106 e. The van der Waals surface area contributed by atoms with Crippen LogP contribution < -0.4 is 0 Å². The topological polar surface area (TPSA) is 68.3 Å². The van der Waals surface area contributed by atoms with Gasteiger partial charge in [-0.05, 0) is 0 Å². The largest absolute Gasteiger partial charge is 0.311 e. The summed E-state index contributed by atoms with van der Waals surface area (Å²) in [7, 11) is 0. The third-order valence-corrected chi connectivity index (χ3v) is 1.38. The van der Waals surface area contributed by atoms with E-state index in [1.807, 2.05) is 39.4 Å². The molecule has 0 fully saturated rings. The first-order valence-electron chi connectivity index (χ1n) is 4.01. The fourth-order valence-corrected chi connectivity index (χ4v) is 0.834. The van der Waals surface area contributed by atoms with Gasteiger partial charge in [-0.25, -0.2) is 0 Å². The van der Waals surface area contributed by atoms with Crippen molar-refractivity contribution in [3.05, 3.63) is 42.0 Å². The van der Waals surface area contributed by atoms with Crippen LogP contribution in [0.2, 0.25) is 0 Å². The zero-order valence-electron chi connectivity index (χ0n) is 9.65. The Labute approximate surface area is 112 Å². The Hall–Kier alpha value is -1.71. The molecule has 0 saturated heterocycles. The van der Waals surface area contributed by atoms with Crippen LogP contribution in [0.5, 0.6) is 0 Å². The standard InChI is InChI=1S/C9H9O.3CH2O.Mn/c1-3-9(10)8-5-4-7(2)6-8;3*1-2;/h3-6H,1H2,2H3;3*1H2;/q-1;;;;. The van der Waals surface area contributed by atoms with E-state index >= 15 is 0 Å². The van der Waals surface area contributed by atoms with Gasteiger partial charge in [-0.1, -0.05) is 18.6 Å². The minimum absolute atomic E-state index is 0. The van der Waals surface area contributed by atoms with Crippen LogP contribution in [0.15, 0.2) is 30.9 Å². The van der Waals surface area contributed by atoms with Gasteiger partial charge in [0.1, 0.15) is 26.2 Å². The van der Waals surface area contributed by atoms with Crippen molar-refractivity contribution in [2.75, 3.05) is 0 Å². The van der Waals surface area contributed by atoms with Gasteiger partial charge in [0.2, 0.25) is 0 Å². The number of allylic oxidation sites excluding steroid dienone is 1. The van der Waals surface area contributed by atoms with E-state index in [9.17, 15) is 4.79 Å². The Morgan fingerprint density at radius 3 is 1.82 bits per heavy atom. The first kappa shape index (κ1) is 24.5. The van der Waals surface area contributed by atoms with Crippen molar-refractivity contribution in [3.63, 3.8) is 0 Å². The molecule has 0 heterocycles. The second-order valence-corrected chi connectivity index (χ2v) is 2.25. The van der Waals surface area contributed by atoms with E-state index in [1.165, 1.54) is 6.08 Å². The van der Waals surface area contributed by atoms with Gasteiger partial charge < -0.3 is 19.2 Å². The summed E-state index contributed by atoms with van der Waals surface area (Å²) in [6.45, 7) is 11.4. The van der Waals surface area contributed by atoms with Crippen LogP contribution in [0, 0.1) is 6.92 Å². The van der Waals surface area contributed by atoms with E-state index in [1.54, 1.807) is 6.07 Å². The van der Waals surface area contributed by atoms with E-state index in [4.69, 9.17) is 14.4 Å². The first-order chi connectivity index (χ1) is 7.74. The molecule has 4 nitrogen and oxygen atoms in total. The van der Waals surface area contributed by atoms with Crippen molar-refractivity contribution < 1.29 is 36.2 Å². The summed E-state index contributed by atoms with van der Waals surface area (Å²) in [6.07, 6.45) is 1.33. The van der Waals surface area contributed by atoms with Gasteiger partial charge in [-0.15, -0.1) is 18.7 Å². The van der Waals surface area contributed by atoms with E-state index in [2.05, 4.69) is 6.58 Å². The van der Waals surface area contributed by atoms with Crippen molar-refractivity contribution in [1.29, 1.82) is 0 Å². The molecule has 0 bridgehead atoms. The molecule has 1 rings (SSSR count). The zero-order valence-corrected chi connectivity index (χ0v) is 10.8. The number of carbonyl (C=O) groups excluding carboxylic acids is 4. The molecule has 0 amide bonds. The molecular formula is C12H15MnO4-. The predicted molar refractivity (Wildman–Crippen MR) is 62.7 cm³/mol. The summed E-state index contributed by atoms with van der Waals surface area (Å²) >= 11 is 0. The van der Waals surface area contributed by atoms with Gasteiger partial charge in [0, 0.05) is 17.1 Å². The van der Waals surface area contributed by atoms with Gasteiger partial charge in [0.15, 0.2) is 0 Å². The molecule has 95 valence electrons. The van der Waals surface area contributed by atoms with Crippen LogP contribution >= 0.6 is 0 Å². The Bertz CT molecular complexity index is 302. The monoisotopic (exact) mass is 278 g/mol. The van der Waals surface area contributed by atoms with Crippen molar-refractivity contribution in [2.24, 2.45) is 0 Å². The number of hydrogen-bond acceptors (Lipinski definition) is 4. The maximum atomic E-state index is 10.9. The van der Waals surface area contributed by atoms with E-state index in [0.29, 0.717) is 0 Å². The van der Waals surface area contributed by atoms with Gasteiger partial charge in [0.25, 0.3) is 0 Å². The molecule has 0 atom stereocenters. The fraction of sp³-hybridized carbons (Fsp3) is 0.0833. The minimum Gasteiger partial charge on any atom is -0.311 e. The third-order valence-electron chi connectivity index (χ3n) is 1.38. The van der Waals surface area contributed by atoms with E-state index in [0.717, 1.165) is 11.1 Å². The number of carbonyl (C=O) groups is 4. The van der Waals surface area contributed by atoms with Gasteiger partial charge in [-0.3, -0.25) is 0 Å². The predicted octanol–water partition coefficient (Wildman–Crippen LogP) is 1.53. The van der Waals surface area contributed by atoms with E-state index < -0.39 is 0 Å². The average molecular weight is 278 g/mol. The Balaban J connectivity index is -0.000000106. The molecule has 0 aliphatic rings.